The number of aliphatic imine (C=N–C) groups is 1. The molecular formula is C18H32IN5. The Kier molecular flexibility index (Phi) is 6.95. The normalized spacial score (nSPS) is 24.4. The monoisotopic (exact) mass is 445 g/mol. The quantitative estimate of drug-likeness (QED) is 0.425. The van der Waals surface area contributed by atoms with Crippen LogP contribution in [-0.2, 0) is 13.6 Å². The zero-order chi connectivity index (χ0) is 16.4. The van der Waals surface area contributed by atoms with Crippen LogP contribution in [0.25, 0.3) is 0 Å². The fraction of sp³-hybridized carbons (Fsp3) is 0.778. The Morgan fingerprint density at radius 2 is 1.96 bits per heavy atom. The van der Waals surface area contributed by atoms with E-state index in [-0.39, 0.29) is 24.0 Å². The van der Waals surface area contributed by atoms with Crippen molar-refractivity contribution in [3.8, 4) is 0 Å². The van der Waals surface area contributed by atoms with Gasteiger partial charge in [-0.1, -0.05) is 32.1 Å². The van der Waals surface area contributed by atoms with Crippen LogP contribution in [0.5, 0.6) is 0 Å². The van der Waals surface area contributed by atoms with E-state index in [0.717, 1.165) is 30.0 Å². The lowest BCUT2D eigenvalue weighted by Gasteiger charge is -2.22. The molecule has 0 aliphatic heterocycles. The predicted molar refractivity (Wildman–Crippen MR) is 110 cm³/mol. The van der Waals surface area contributed by atoms with Crippen molar-refractivity contribution in [2.24, 2.45) is 23.9 Å². The third-order valence-electron chi connectivity index (χ3n) is 5.73. The first-order chi connectivity index (χ1) is 11.1. The van der Waals surface area contributed by atoms with Crippen molar-refractivity contribution >= 4 is 29.9 Å². The van der Waals surface area contributed by atoms with Crippen molar-refractivity contribution in [1.82, 2.24) is 20.4 Å². The fourth-order valence-corrected chi connectivity index (χ4v) is 4.08. The molecule has 1 heterocycles. The average Bonchev–Trinajstić information content (AvgIpc) is 3.28. The van der Waals surface area contributed by atoms with Crippen molar-refractivity contribution in [2.75, 3.05) is 7.05 Å². The summed E-state index contributed by atoms with van der Waals surface area (Å²) in [5, 5.41) is 11.6. The molecule has 0 radical (unpaired) electrons. The maximum absolute atomic E-state index is 4.48. The lowest BCUT2D eigenvalue weighted by molar-refractivity contribution is 0.315. The van der Waals surface area contributed by atoms with E-state index < -0.39 is 0 Å². The number of aryl methyl sites for hydroxylation is 2. The van der Waals surface area contributed by atoms with Gasteiger partial charge in [-0.3, -0.25) is 9.67 Å². The Morgan fingerprint density at radius 1 is 1.25 bits per heavy atom. The number of nitrogens with zero attached hydrogens (tertiary/aromatic N) is 3. The molecule has 136 valence electrons. The van der Waals surface area contributed by atoms with Crippen LogP contribution >= 0.6 is 24.0 Å². The molecule has 2 aliphatic carbocycles. The van der Waals surface area contributed by atoms with Gasteiger partial charge in [-0.15, -0.1) is 24.0 Å². The summed E-state index contributed by atoms with van der Waals surface area (Å²) >= 11 is 0. The highest BCUT2D eigenvalue weighted by atomic mass is 127. The highest BCUT2D eigenvalue weighted by molar-refractivity contribution is 14.0. The van der Waals surface area contributed by atoms with E-state index in [4.69, 9.17) is 0 Å². The van der Waals surface area contributed by atoms with Crippen LogP contribution in [0.3, 0.4) is 0 Å². The summed E-state index contributed by atoms with van der Waals surface area (Å²) in [5.74, 6) is 2.74. The van der Waals surface area contributed by atoms with Crippen molar-refractivity contribution in [2.45, 2.75) is 65.0 Å². The summed E-state index contributed by atoms with van der Waals surface area (Å²) in [6.07, 6.45) is 8.48. The highest BCUT2D eigenvalue weighted by Crippen LogP contribution is 2.44. The molecule has 6 heteroatoms. The zero-order valence-corrected chi connectivity index (χ0v) is 17.8. The summed E-state index contributed by atoms with van der Waals surface area (Å²) in [5.41, 5.74) is 3.59. The number of halogens is 1. The molecule has 1 aromatic heterocycles. The standard InChI is InChI=1S/C18H31N5.HI/c1-12-16(13(2)23(4)22-12)11-20-18(19-3)21-17-10-15(17)14-8-6-5-7-9-14;/h14-15,17H,5-11H2,1-4H3,(H2,19,20,21);1H. The lowest BCUT2D eigenvalue weighted by Crippen LogP contribution is -2.39. The smallest absolute Gasteiger partial charge is 0.191 e. The summed E-state index contributed by atoms with van der Waals surface area (Å²) in [6.45, 7) is 4.97. The Labute approximate surface area is 163 Å². The zero-order valence-electron chi connectivity index (χ0n) is 15.4. The van der Waals surface area contributed by atoms with Crippen LogP contribution in [0.2, 0.25) is 0 Å². The number of aromatic nitrogens is 2. The van der Waals surface area contributed by atoms with Crippen LogP contribution in [0.4, 0.5) is 0 Å². The van der Waals surface area contributed by atoms with Gasteiger partial charge in [-0.05, 0) is 32.1 Å². The first-order valence-electron chi connectivity index (χ1n) is 9.06. The Bertz CT molecular complexity index is 574. The van der Waals surface area contributed by atoms with Gasteiger partial charge in [0.25, 0.3) is 0 Å². The van der Waals surface area contributed by atoms with Gasteiger partial charge in [0.05, 0.1) is 5.69 Å². The van der Waals surface area contributed by atoms with Crippen LogP contribution in [0, 0.1) is 25.7 Å². The van der Waals surface area contributed by atoms with E-state index in [1.165, 1.54) is 49.8 Å². The number of guanidine groups is 1. The minimum absolute atomic E-state index is 0. The first kappa shape index (κ1) is 19.5. The number of rotatable bonds is 4. The van der Waals surface area contributed by atoms with Gasteiger partial charge in [0.15, 0.2) is 5.96 Å². The van der Waals surface area contributed by atoms with Gasteiger partial charge in [0, 0.05) is 37.9 Å². The van der Waals surface area contributed by atoms with E-state index in [0.29, 0.717) is 6.04 Å². The third kappa shape index (κ3) is 4.43. The molecule has 1 aromatic rings. The van der Waals surface area contributed by atoms with Crippen LogP contribution in [0.1, 0.15) is 55.5 Å². The van der Waals surface area contributed by atoms with E-state index in [2.05, 4.69) is 34.6 Å². The van der Waals surface area contributed by atoms with Gasteiger partial charge in [0.1, 0.15) is 0 Å². The van der Waals surface area contributed by atoms with Gasteiger partial charge in [-0.2, -0.15) is 5.10 Å². The molecule has 0 spiro atoms. The maximum atomic E-state index is 4.48. The second kappa shape index (κ2) is 8.54. The Balaban J connectivity index is 0.00000208. The summed E-state index contributed by atoms with van der Waals surface area (Å²) < 4.78 is 1.95. The third-order valence-corrected chi connectivity index (χ3v) is 5.73. The highest BCUT2D eigenvalue weighted by Gasteiger charge is 2.43. The number of hydrogen-bond donors (Lipinski definition) is 2. The van der Waals surface area contributed by atoms with Crippen LogP contribution in [-0.4, -0.2) is 28.8 Å². The molecule has 2 unspecified atom stereocenters. The molecular weight excluding hydrogens is 413 g/mol. The molecule has 2 atom stereocenters. The Hall–Kier alpha value is -0.790. The summed E-state index contributed by atoms with van der Waals surface area (Å²) in [4.78, 5) is 4.40. The van der Waals surface area contributed by atoms with Crippen LogP contribution < -0.4 is 10.6 Å². The van der Waals surface area contributed by atoms with E-state index >= 15 is 0 Å². The van der Waals surface area contributed by atoms with Gasteiger partial charge in [-0.25, -0.2) is 0 Å². The van der Waals surface area contributed by atoms with Gasteiger partial charge in [0.2, 0.25) is 0 Å². The van der Waals surface area contributed by atoms with E-state index in [9.17, 15) is 0 Å². The van der Waals surface area contributed by atoms with E-state index in [1.54, 1.807) is 0 Å². The summed E-state index contributed by atoms with van der Waals surface area (Å²) in [6, 6.07) is 0.625. The van der Waals surface area contributed by atoms with Crippen molar-refractivity contribution in [1.29, 1.82) is 0 Å². The van der Waals surface area contributed by atoms with Gasteiger partial charge < -0.3 is 10.6 Å². The minimum Gasteiger partial charge on any atom is -0.353 e. The lowest BCUT2D eigenvalue weighted by atomic mass is 9.85. The van der Waals surface area contributed by atoms with Crippen molar-refractivity contribution in [3.05, 3.63) is 17.0 Å². The fourth-order valence-electron chi connectivity index (χ4n) is 4.08. The average molecular weight is 445 g/mol. The molecule has 0 bridgehead atoms. The molecule has 0 saturated heterocycles. The number of nitrogens with one attached hydrogen (secondary N) is 2. The van der Waals surface area contributed by atoms with Gasteiger partial charge >= 0.3 is 0 Å². The number of hydrogen-bond acceptors (Lipinski definition) is 2. The molecule has 5 nitrogen and oxygen atoms in total. The topological polar surface area (TPSA) is 54.2 Å². The molecule has 2 N–H and O–H groups in total. The minimum atomic E-state index is 0. The van der Waals surface area contributed by atoms with E-state index in [1.807, 2.05) is 18.8 Å². The van der Waals surface area contributed by atoms with Crippen molar-refractivity contribution < 1.29 is 0 Å². The largest absolute Gasteiger partial charge is 0.353 e. The van der Waals surface area contributed by atoms with Crippen LogP contribution in [0.15, 0.2) is 4.99 Å². The molecule has 3 rings (SSSR count). The molecule has 0 amide bonds. The molecule has 0 aromatic carbocycles. The second-order valence-corrected chi connectivity index (χ2v) is 7.25. The van der Waals surface area contributed by atoms with Crippen molar-refractivity contribution in [3.63, 3.8) is 0 Å². The first-order valence-corrected chi connectivity index (χ1v) is 9.06. The Morgan fingerprint density at radius 3 is 2.54 bits per heavy atom. The molecule has 2 fully saturated rings. The molecule has 24 heavy (non-hydrogen) atoms. The molecule has 2 saturated carbocycles. The SMILES string of the molecule is CN=C(NCc1c(C)nn(C)c1C)NC1CC1C1CCCCC1.I. The predicted octanol–water partition coefficient (Wildman–Crippen LogP) is 3.29. The second-order valence-electron chi connectivity index (χ2n) is 7.25. The summed E-state index contributed by atoms with van der Waals surface area (Å²) in [7, 11) is 3.86. The maximum Gasteiger partial charge on any atom is 0.191 e. The molecule has 2 aliphatic rings.